The summed E-state index contributed by atoms with van der Waals surface area (Å²) in [5.74, 6) is 1.38. The Bertz CT molecular complexity index is 129. The van der Waals surface area contributed by atoms with Gasteiger partial charge in [-0.3, -0.25) is 0 Å². The second-order valence-corrected chi connectivity index (χ2v) is 3.40. The lowest BCUT2D eigenvalue weighted by atomic mass is 10.1. The summed E-state index contributed by atoms with van der Waals surface area (Å²) in [6, 6.07) is 0. The molecule has 0 saturated heterocycles. The van der Waals surface area contributed by atoms with Gasteiger partial charge in [0.1, 0.15) is 0 Å². The molecule has 11 heavy (non-hydrogen) atoms. The predicted molar refractivity (Wildman–Crippen MR) is 52.6 cm³/mol. The van der Waals surface area contributed by atoms with Crippen molar-refractivity contribution >= 4 is 0 Å². The van der Waals surface area contributed by atoms with Crippen molar-refractivity contribution < 1.29 is 0 Å². The van der Waals surface area contributed by atoms with Crippen LogP contribution in [0.3, 0.4) is 0 Å². The standard InChI is InChI=1S/C11H20/c1-5-11(4)9-7-6-8-10(2)3/h6-11H,5H2,1-4H3. The van der Waals surface area contributed by atoms with Gasteiger partial charge in [0.2, 0.25) is 0 Å². The summed E-state index contributed by atoms with van der Waals surface area (Å²) >= 11 is 0. The molecule has 0 heterocycles. The smallest absolute Gasteiger partial charge is 0.0261 e. The van der Waals surface area contributed by atoms with E-state index in [4.69, 9.17) is 0 Å². The van der Waals surface area contributed by atoms with E-state index >= 15 is 0 Å². The summed E-state index contributed by atoms with van der Waals surface area (Å²) in [4.78, 5) is 0. The molecule has 1 atom stereocenters. The van der Waals surface area contributed by atoms with Crippen LogP contribution < -0.4 is 0 Å². The third-order valence-corrected chi connectivity index (χ3v) is 1.69. The molecule has 0 radical (unpaired) electrons. The van der Waals surface area contributed by atoms with Crippen molar-refractivity contribution in [1.29, 1.82) is 0 Å². The summed E-state index contributed by atoms with van der Waals surface area (Å²) in [5, 5.41) is 0. The van der Waals surface area contributed by atoms with Crippen molar-refractivity contribution in [2.45, 2.75) is 34.1 Å². The van der Waals surface area contributed by atoms with Gasteiger partial charge in [0.05, 0.1) is 0 Å². The molecule has 0 amide bonds. The second kappa shape index (κ2) is 6.21. The third kappa shape index (κ3) is 7.38. The maximum absolute atomic E-state index is 2.25. The molecule has 0 fully saturated rings. The molecule has 1 unspecified atom stereocenters. The van der Waals surface area contributed by atoms with Crippen LogP contribution >= 0.6 is 0 Å². The first-order chi connectivity index (χ1) is 5.16. The van der Waals surface area contributed by atoms with E-state index in [2.05, 4.69) is 52.0 Å². The lowest BCUT2D eigenvalue weighted by Crippen LogP contribution is -1.83. The Morgan fingerprint density at radius 3 is 2.00 bits per heavy atom. The Morgan fingerprint density at radius 2 is 1.55 bits per heavy atom. The fourth-order valence-electron chi connectivity index (χ4n) is 0.676. The van der Waals surface area contributed by atoms with Crippen LogP contribution in [0.15, 0.2) is 24.3 Å². The van der Waals surface area contributed by atoms with Gasteiger partial charge >= 0.3 is 0 Å². The Hall–Kier alpha value is -0.520. The van der Waals surface area contributed by atoms with Crippen molar-refractivity contribution in [3.05, 3.63) is 24.3 Å². The summed E-state index contributed by atoms with van der Waals surface area (Å²) < 4.78 is 0. The monoisotopic (exact) mass is 152 g/mol. The molecule has 0 aromatic heterocycles. The average Bonchev–Trinajstić information content (AvgIpc) is 1.97. The van der Waals surface area contributed by atoms with Crippen LogP contribution in [0.5, 0.6) is 0 Å². The van der Waals surface area contributed by atoms with Gasteiger partial charge in [0.15, 0.2) is 0 Å². The zero-order valence-electron chi connectivity index (χ0n) is 8.17. The van der Waals surface area contributed by atoms with Gasteiger partial charge in [0.25, 0.3) is 0 Å². The van der Waals surface area contributed by atoms with Crippen LogP contribution in [0, 0.1) is 11.8 Å². The van der Waals surface area contributed by atoms with Crippen molar-refractivity contribution in [3.8, 4) is 0 Å². The molecular weight excluding hydrogens is 132 g/mol. The molecule has 0 N–H and O–H groups in total. The Labute approximate surface area is 71.0 Å². The molecule has 64 valence electrons. The van der Waals surface area contributed by atoms with E-state index < -0.39 is 0 Å². The first kappa shape index (κ1) is 10.5. The van der Waals surface area contributed by atoms with E-state index in [1.54, 1.807) is 0 Å². The van der Waals surface area contributed by atoms with E-state index in [0.29, 0.717) is 11.8 Å². The van der Waals surface area contributed by atoms with Gasteiger partial charge in [-0.1, -0.05) is 58.4 Å². The fourth-order valence-corrected chi connectivity index (χ4v) is 0.676. The molecule has 0 aromatic carbocycles. The molecule has 0 rings (SSSR count). The lowest BCUT2D eigenvalue weighted by molar-refractivity contribution is 0.698. The Morgan fingerprint density at radius 1 is 1.00 bits per heavy atom. The van der Waals surface area contributed by atoms with Gasteiger partial charge in [-0.2, -0.15) is 0 Å². The van der Waals surface area contributed by atoms with Gasteiger partial charge < -0.3 is 0 Å². The summed E-state index contributed by atoms with van der Waals surface area (Å²) in [5.41, 5.74) is 0. The zero-order valence-corrected chi connectivity index (χ0v) is 8.17. The minimum atomic E-state index is 0.664. The SMILES string of the molecule is CCC(C)C=CC=CC(C)C. The van der Waals surface area contributed by atoms with Crippen LogP contribution in [0.2, 0.25) is 0 Å². The fraction of sp³-hybridized carbons (Fsp3) is 0.636. The molecule has 0 aliphatic carbocycles. The number of hydrogen-bond donors (Lipinski definition) is 0. The van der Waals surface area contributed by atoms with Crippen molar-refractivity contribution in [2.75, 3.05) is 0 Å². The summed E-state index contributed by atoms with van der Waals surface area (Å²) in [6.45, 7) is 8.82. The van der Waals surface area contributed by atoms with E-state index in [-0.39, 0.29) is 0 Å². The zero-order chi connectivity index (χ0) is 8.69. The number of allylic oxidation sites excluding steroid dienone is 4. The molecule has 0 heteroatoms. The average molecular weight is 152 g/mol. The molecule has 0 aliphatic heterocycles. The molecular formula is C11H20. The van der Waals surface area contributed by atoms with Crippen LogP contribution in [-0.4, -0.2) is 0 Å². The summed E-state index contributed by atoms with van der Waals surface area (Å²) in [6.07, 6.45) is 9.97. The van der Waals surface area contributed by atoms with E-state index in [1.807, 2.05) is 0 Å². The Kier molecular flexibility index (Phi) is 5.91. The number of hydrogen-bond acceptors (Lipinski definition) is 0. The molecule has 0 bridgehead atoms. The van der Waals surface area contributed by atoms with Crippen LogP contribution in [0.25, 0.3) is 0 Å². The van der Waals surface area contributed by atoms with E-state index in [9.17, 15) is 0 Å². The van der Waals surface area contributed by atoms with E-state index in [1.165, 1.54) is 6.42 Å². The maximum atomic E-state index is 2.25. The maximum Gasteiger partial charge on any atom is -0.0261 e. The van der Waals surface area contributed by atoms with Gasteiger partial charge in [-0.15, -0.1) is 0 Å². The van der Waals surface area contributed by atoms with E-state index in [0.717, 1.165) is 0 Å². The highest BCUT2D eigenvalue weighted by molar-refractivity contribution is 5.04. The van der Waals surface area contributed by atoms with Crippen molar-refractivity contribution in [1.82, 2.24) is 0 Å². The van der Waals surface area contributed by atoms with Crippen LogP contribution in [0.4, 0.5) is 0 Å². The molecule has 0 aliphatic rings. The topological polar surface area (TPSA) is 0 Å². The highest BCUT2D eigenvalue weighted by atomic mass is 13.9. The first-order valence-electron chi connectivity index (χ1n) is 4.51. The largest absolute Gasteiger partial charge is 0.0820 e. The normalized spacial score (nSPS) is 15.4. The van der Waals surface area contributed by atoms with Crippen LogP contribution in [-0.2, 0) is 0 Å². The van der Waals surface area contributed by atoms with Gasteiger partial charge in [0, 0.05) is 0 Å². The minimum absolute atomic E-state index is 0.664. The quantitative estimate of drug-likeness (QED) is 0.537. The highest BCUT2D eigenvalue weighted by Crippen LogP contribution is 2.02. The lowest BCUT2D eigenvalue weighted by Gasteiger charge is -1.97. The number of rotatable bonds is 4. The van der Waals surface area contributed by atoms with Gasteiger partial charge in [-0.25, -0.2) is 0 Å². The molecule has 0 spiro atoms. The predicted octanol–water partition coefficient (Wildman–Crippen LogP) is 3.80. The molecule has 0 nitrogen and oxygen atoms in total. The second-order valence-electron chi connectivity index (χ2n) is 3.40. The minimum Gasteiger partial charge on any atom is -0.0820 e. The van der Waals surface area contributed by atoms with Crippen molar-refractivity contribution in [3.63, 3.8) is 0 Å². The van der Waals surface area contributed by atoms with Gasteiger partial charge in [-0.05, 0) is 11.8 Å². The molecule has 0 aromatic rings. The summed E-state index contributed by atoms with van der Waals surface area (Å²) in [7, 11) is 0. The highest BCUT2D eigenvalue weighted by Gasteiger charge is 1.87. The van der Waals surface area contributed by atoms with Crippen LogP contribution in [0.1, 0.15) is 34.1 Å². The third-order valence-electron chi connectivity index (χ3n) is 1.69. The van der Waals surface area contributed by atoms with Crippen molar-refractivity contribution in [2.24, 2.45) is 11.8 Å². The molecule has 0 saturated carbocycles. The first-order valence-corrected chi connectivity index (χ1v) is 4.51. The Balaban J connectivity index is 3.59.